The van der Waals surface area contributed by atoms with E-state index in [0.717, 1.165) is 19.3 Å². The average Bonchev–Trinajstić information content (AvgIpc) is 2.54. The van der Waals surface area contributed by atoms with Crippen molar-refractivity contribution in [1.29, 1.82) is 0 Å². The number of aryl methyl sites for hydroxylation is 1. The third-order valence-corrected chi connectivity index (χ3v) is 5.97. The fourth-order valence-electron chi connectivity index (χ4n) is 3.78. The Hall–Kier alpha value is -0.590. The van der Waals surface area contributed by atoms with Gasteiger partial charge in [-0.05, 0) is 30.1 Å². The van der Waals surface area contributed by atoms with Crippen LogP contribution in [0.5, 0.6) is 0 Å². The number of hydrogen-bond donors (Lipinski definition) is 1. The molecule has 21 heavy (non-hydrogen) atoms. The third kappa shape index (κ3) is 3.79. The molecule has 1 heterocycles. The topological polar surface area (TPSA) is 64.0 Å². The third-order valence-electron chi connectivity index (χ3n) is 3.97. The van der Waals surface area contributed by atoms with Gasteiger partial charge in [0.2, 0.25) is 5.03 Å². The van der Waals surface area contributed by atoms with Crippen LogP contribution < -0.4 is 4.72 Å². The minimum atomic E-state index is -3.68. The van der Waals surface area contributed by atoms with E-state index in [4.69, 9.17) is 11.6 Å². The van der Waals surface area contributed by atoms with Crippen LogP contribution >= 0.6 is 11.6 Å². The van der Waals surface area contributed by atoms with Crippen LogP contribution in [-0.4, -0.2) is 24.0 Å². The van der Waals surface area contributed by atoms with Crippen molar-refractivity contribution in [2.75, 3.05) is 0 Å². The number of rotatable bonds is 3. The van der Waals surface area contributed by atoms with Gasteiger partial charge in [-0.3, -0.25) is 0 Å². The highest BCUT2D eigenvalue weighted by atomic mass is 35.5. The molecule has 1 fully saturated rings. The number of halogens is 1. The van der Waals surface area contributed by atoms with Crippen LogP contribution in [0, 0.1) is 10.8 Å². The fourth-order valence-corrected chi connectivity index (χ4v) is 5.44. The molecule has 0 amide bonds. The zero-order chi connectivity index (χ0) is 16.1. The molecule has 120 valence electrons. The summed E-state index contributed by atoms with van der Waals surface area (Å²) in [5.41, 5.74) is 0.228. The Morgan fingerprint density at radius 3 is 2.24 bits per heavy atom. The highest BCUT2D eigenvalue weighted by molar-refractivity contribution is 7.89. The lowest BCUT2D eigenvalue weighted by molar-refractivity contribution is 0.0934. The molecule has 0 radical (unpaired) electrons. The first kappa shape index (κ1) is 16.8. The summed E-state index contributed by atoms with van der Waals surface area (Å²) in [5.74, 6) is 0. The summed E-state index contributed by atoms with van der Waals surface area (Å²) in [6.07, 6.45) is 4.13. The molecule has 0 bridgehead atoms. The molecule has 0 atom stereocenters. The fraction of sp³-hybridized carbons (Fsp3) is 0.786. The molecule has 1 N–H and O–H groups in total. The molecule has 1 aliphatic carbocycles. The summed E-state index contributed by atoms with van der Waals surface area (Å²) in [7, 11) is -2.02. The Morgan fingerprint density at radius 2 is 1.81 bits per heavy atom. The maximum atomic E-state index is 12.5. The van der Waals surface area contributed by atoms with E-state index in [0.29, 0.717) is 0 Å². The van der Waals surface area contributed by atoms with Crippen molar-refractivity contribution in [2.24, 2.45) is 17.9 Å². The predicted molar refractivity (Wildman–Crippen MR) is 83.7 cm³/mol. The number of hydrogen-bond acceptors (Lipinski definition) is 3. The maximum Gasteiger partial charge on any atom is 0.261 e. The van der Waals surface area contributed by atoms with E-state index in [1.165, 1.54) is 10.9 Å². The van der Waals surface area contributed by atoms with Gasteiger partial charge in [0.15, 0.2) is 0 Å². The lowest BCUT2D eigenvalue weighted by atomic mass is 9.64. The monoisotopic (exact) mass is 333 g/mol. The van der Waals surface area contributed by atoms with Gasteiger partial charge in [-0.25, -0.2) is 18.1 Å². The van der Waals surface area contributed by atoms with Gasteiger partial charge in [0.05, 0.1) is 6.33 Å². The zero-order valence-electron chi connectivity index (χ0n) is 13.3. The molecule has 2 rings (SSSR count). The highest BCUT2D eigenvalue weighted by Crippen LogP contribution is 2.45. The molecule has 1 aromatic heterocycles. The minimum absolute atomic E-state index is 0.0900. The van der Waals surface area contributed by atoms with Gasteiger partial charge < -0.3 is 4.57 Å². The average molecular weight is 334 g/mol. The second kappa shape index (κ2) is 5.25. The summed E-state index contributed by atoms with van der Waals surface area (Å²) in [4.78, 5) is 3.91. The van der Waals surface area contributed by atoms with Crippen LogP contribution in [0.15, 0.2) is 11.4 Å². The molecule has 0 aromatic carbocycles. The molecule has 0 saturated heterocycles. The number of nitrogens with one attached hydrogen (secondary N) is 1. The minimum Gasteiger partial charge on any atom is -0.324 e. The summed E-state index contributed by atoms with van der Waals surface area (Å²) < 4.78 is 29.3. The van der Waals surface area contributed by atoms with E-state index in [1.54, 1.807) is 7.05 Å². The molecule has 1 aromatic rings. The molecule has 1 aliphatic rings. The van der Waals surface area contributed by atoms with Crippen LogP contribution in [0.3, 0.4) is 0 Å². The standard InChI is InChI=1S/C14H24ClN3O2S/c1-13(2)6-10(7-14(3,4)8-13)17-21(19,20)12-11(15)18(5)9-16-12/h9-10,17H,6-8H2,1-5H3. The normalized spacial score (nSPS) is 22.4. The number of nitrogens with zero attached hydrogens (tertiary/aromatic N) is 2. The summed E-state index contributed by atoms with van der Waals surface area (Å²) in [6.45, 7) is 8.73. The first-order valence-corrected chi connectivity index (χ1v) is 8.97. The lowest BCUT2D eigenvalue weighted by Gasteiger charge is -2.44. The van der Waals surface area contributed by atoms with E-state index < -0.39 is 10.0 Å². The zero-order valence-corrected chi connectivity index (χ0v) is 14.8. The lowest BCUT2D eigenvalue weighted by Crippen LogP contribution is -2.46. The molecular weight excluding hydrogens is 310 g/mol. The largest absolute Gasteiger partial charge is 0.324 e. The van der Waals surface area contributed by atoms with Crippen LogP contribution in [0.1, 0.15) is 47.0 Å². The van der Waals surface area contributed by atoms with E-state index in [1.807, 2.05) is 0 Å². The molecular formula is C14H24ClN3O2S. The first-order chi connectivity index (χ1) is 9.42. The summed E-state index contributed by atoms with van der Waals surface area (Å²) >= 11 is 6.00. The van der Waals surface area contributed by atoms with Gasteiger partial charge in [0, 0.05) is 13.1 Å². The van der Waals surface area contributed by atoms with Crippen LogP contribution in [0.25, 0.3) is 0 Å². The van der Waals surface area contributed by atoms with Crippen LogP contribution in [0.2, 0.25) is 5.15 Å². The van der Waals surface area contributed by atoms with E-state index in [-0.39, 0.29) is 27.1 Å². The van der Waals surface area contributed by atoms with Gasteiger partial charge in [0.25, 0.3) is 10.0 Å². The molecule has 0 spiro atoms. The Kier molecular flexibility index (Phi) is 4.19. The van der Waals surface area contributed by atoms with Crippen LogP contribution in [-0.2, 0) is 17.1 Å². The second-order valence-corrected chi connectivity index (χ2v) is 9.67. The molecule has 5 nitrogen and oxygen atoms in total. The predicted octanol–water partition coefficient (Wildman–Crippen LogP) is 2.96. The Balaban J connectivity index is 2.23. The van der Waals surface area contributed by atoms with Gasteiger partial charge in [-0.2, -0.15) is 0 Å². The van der Waals surface area contributed by atoms with Crippen molar-refractivity contribution >= 4 is 21.6 Å². The van der Waals surface area contributed by atoms with Crippen molar-refractivity contribution in [2.45, 2.75) is 58.0 Å². The SMILES string of the molecule is Cn1cnc(S(=O)(=O)NC2CC(C)(C)CC(C)(C)C2)c1Cl. The van der Waals surface area contributed by atoms with E-state index >= 15 is 0 Å². The van der Waals surface area contributed by atoms with Crippen molar-refractivity contribution in [3.63, 3.8) is 0 Å². The van der Waals surface area contributed by atoms with Gasteiger partial charge in [-0.1, -0.05) is 39.3 Å². The van der Waals surface area contributed by atoms with E-state index in [2.05, 4.69) is 37.4 Å². The second-order valence-electron chi connectivity index (χ2n) is 7.68. The van der Waals surface area contributed by atoms with Gasteiger partial charge in [0.1, 0.15) is 5.15 Å². The Morgan fingerprint density at radius 1 is 1.29 bits per heavy atom. The van der Waals surface area contributed by atoms with E-state index in [9.17, 15) is 8.42 Å². The maximum absolute atomic E-state index is 12.5. The Bertz CT molecular complexity index is 619. The molecule has 1 saturated carbocycles. The smallest absolute Gasteiger partial charge is 0.261 e. The van der Waals surface area contributed by atoms with Crippen molar-refractivity contribution in [1.82, 2.24) is 14.3 Å². The molecule has 7 heteroatoms. The van der Waals surface area contributed by atoms with Crippen molar-refractivity contribution < 1.29 is 8.42 Å². The molecule has 0 unspecified atom stereocenters. The summed E-state index contributed by atoms with van der Waals surface area (Å²) in [6, 6.07) is -0.0909. The summed E-state index contributed by atoms with van der Waals surface area (Å²) in [5, 5.41) is 0.0460. The highest BCUT2D eigenvalue weighted by Gasteiger charge is 2.40. The van der Waals surface area contributed by atoms with Crippen LogP contribution in [0.4, 0.5) is 0 Å². The number of imidazole rings is 1. The van der Waals surface area contributed by atoms with Crippen molar-refractivity contribution in [3.05, 3.63) is 11.5 Å². The number of aromatic nitrogens is 2. The van der Waals surface area contributed by atoms with Gasteiger partial charge in [-0.15, -0.1) is 0 Å². The molecule has 0 aliphatic heterocycles. The first-order valence-electron chi connectivity index (χ1n) is 7.11. The van der Waals surface area contributed by atoms with Gasteiger partial charge >= 0.3 is 0 Å². The number of sulfonamides is 1. The van der Waals surface area contributed by atoms with Crippen molar-refractivity contribution in [3.8, 4) is 0 Å². The Labute approximate surface area is 132 Å². The quantitative estimate of drug-likeness (QED) is 0.924.